The molecule has 0 saturated carbocycles. The summed E-state index contributed by atoms with van der Waals surface area (Å²) in [7, 11) is 3.62. The van der Waals surface area contributed by atoms with Crippen molar-refractivity contribution < 1.29 is 9.90 Å². The lowest BCUT2D eigenvalue weighted by atomic mass is 9.98. The third-order valence-corrected chi connectivity index (χ3v) is 2.55. The molecule has 0 heterocycles. The van der Waals surface area contributed by atoms with Gasteiger partial charge >= 0.3 is 0 Å². The number of nitrogens with zero attached hydrogens (tertiary/aromatic N) is 1. The van der Waals surface area contributed by atoms with Crippen LogP contribution in [0.25, 0.3) is 0 Å². The van der Waals surface area contributed by atoms with Gasteiger partial charge in [-0.25, -0.2) is 0 Å². The van der Waals surface area contributed by atoms with Gasteiger partial charge < -0.3 is 15.3 Å². The van der Waals surface area contributed by atoms with Gasteiger partial charge in [-0.3, -0.25) is 10.2 Å². The standard InChI is InChI=1S/C11H23N3O2/c1-7(11(12)14(4)5)6-10(16)8(2)13-9(3)15/h7-8,10,12,16H,6H2,1-5H3,(H,13,15). The molecule has 0 fully saturated rings. The zero-order valence-electron chi connectivity index (χ0n) is 10.7. The Morgan fingerprint density at radius 2 is 1.94 bits per heavy atom. The molecule has 0 spiro atoms. The summed E-state index contributed by atoms with van der Waals surface area (Å²) >= 11 is 0. The highest BCUT2D eigenvalue weighted by Gasteiger charge is 2.20. The second-order valence-corrected chi connectivity index (χ2v) is 4.47. The van der Waals surface area contributed by atoms with Gasteiger partial charge in [-0.1, -0.05) is 6.92 Å². The molecule has 0 aromatic heterocycles. The lowest BCUT2D eigenvalue weighted by Crippen LogP contribution is -2.42. The van der Waals surface area contributed by atoms with Crippen LogP contribution in [0.5, 0.6) is 0 Å². The van der Waals surface area contributed by atoms with Crippen molar-refractivity contribution in [3.05, 3.63) is 0 Å². The summed E-state index contributed by atoms with van der Waals surface area (Å²) in [6.45, 7) is 5.08. The first-order chi connectivity index (χ1) is 7.25. The van der Waals surface area contributed by atoms with E-state index in [0.29, 0.717) is 12.3 Å². The monoisotopic (exact) mass is 229 g/mol. The summed E-state index contributed by atoms with van der Waals surface area (Å²) in [6, 6.07) is -0.282. The van der Waals surface area contributed by atoms with E-state index >= 15 is 0 Å². The van der Waals surface area contributed by atoms with Crippen LogP contribution < -0.4 is 5.32 Å². The van der Waals surface area contributed by atoms with Gasteiger partial charge in [0.15, 0.2) is 0 Å². The van der Waals surface area contributed by atoms with Crippen LogP contribution in [-0.4, -0.2) is 48.0 Å². The van der Waals surface area contributed by atoms with Crippen molar-refractivity contribution in [1.29, 1.82) is 5.41 Å². The number of carbonyl (C=O) groups excluding carboxylic acids is 1. The van der Waals surface area contributed by atoms with Crippen molar-refractivity contribution in [2.75, 3.05) is 14.1 Å². The van der Waals surface area contributed by atoms with Gasteiger partial charge in [0.2, 0.25) is 5.91 Å². The number of amidine groups is 1. The molecule has 94 valence electrons. The van der Waals surface area contributed by atoms with Crippen molar-refractivity contribution in [2.45, 2.75) is 39.3 Å². The number of rotatable bonds is 5. The molecule has 0 aliphatic rings. The van der Waals surface area contributed by atoms with E-state index in [2.05, 4.69) is 5.32 Å². The van der Waals surface area contributed by atoms with Gasteiger partial charge in [0.05, 0.1) is 18.0 Å². The summed E-state index contributed by atoms with van der Waals surface area (Å²) in [5.74, 6) is 0.303. The third-order valence-electron chi connectivity index (χ3n) is 2.55. The number of nitrogens with one attached hydrogen (secondary N) is 2. The van der Waals surface area contributed by atoms with Crippen LogP contribution in [0, 0.1) is 11.3 Å². The van der Waals surface area contributed by atoms with Crippen molar-refractivity contribution in [3.63, 3.8) is 0 Å². The Hall–Kier alpha value is -1.10. The molecule has 5 heteroatoms. The van der Waals surface area contributed by atoms with E-state index in [-0.39, 0.29) is 17.9 Å². The SMILES string of the molecule is CC(=O)NC(C)C(O)CC(C)C(=N)N(C)C. The number of carbonyl (C=O) groups is 1. The van der Waals surface area contributed by atoms with E-state index in [1.807, 2.05) is 21.0 Å². The molecule has 3 atom stereocenters. The zero-order valence-corrected chi connectivity index (χ0v) is 10.7. The maximum absolute atomic E-state index is 10.8. The maximum Gasteiger partial charge on any atom is 0.217 e. The molecule has 0 aromatic rings. The van der Waals surface area contributed by atoms with Crippen molar-refractivity contribution in [3.8, 4) is 0 Å². The summed E-state index contributed by atoms with van der Waals surface area (Å²) in [6.07, 6.45) is -0.155. The normalized spacial score (nSPS) is 16.1. The molecule has 0 bridgehead atoms. The van der Waals surface area contributed by atoms with Crippen LogP contribution in [0.2, 0.25) is 0 Å². The lowest BCUT2D eigenvalue weighted by Gasteiger charge is -2.25. The largest absolute Gasteiger partial charge is 0.391 e. The number of aliphatic hydroxyl groups is 1. The Kier molecular flexibility index (Phi) is 6.03. The van der Waals surface area contributed by atoms with E-state index in [1.54, 1.807) is 11.8 Å². The van der Waals surface area contributed by atoms with Crippen LogP contribution in [-0.2, 0) is 4.79 Å². The Balaban J connectivity index is 4.17. The van der Waals surface area contributed by atoms with Gasteiger partial charge in [0.25, 0.3) is 0 Å². The molecule has 16 heavy (non-hydrogen) atoms. The molecule has 0 rings (SSSR count). The van der Waals surface area contributed by atoms with Gasteiger partial charge in [-0.2, -0.15) is 0 Å². The minimum Gasteiger partial charge on any atom is -0.391 e. The first-order valence-electron chi connectivity index (χ1n) is 5.46. The van der Waals surface area contributed by atoms with E-state index < -0.39 is 6.10 Å². The van der Waals surface area contributed by atoms with Gasteiger partial charge in [-0.05, 0) is 13.3 Å². The fourth-order valence-corrected chi connectivity index (χ4v) is 1.54. The van der Waals surface area contributed by atoms with Crippen LogP contribution >= 0.6 is 0 Å². The first kappa shape index (κ1) is 14.9. The third kappa shape index (κ3) is 5.11. The fourth-order valence-electron chi connectivity index (χ4n) is 1.54. The first-order valence-corrected chi connectivity index (χ1v) is 5.46. The Labute approximate surface area is 97.3 Å². The number of aliphatic hydroxyl groups excluding tert-OH is 1. The van der Waals surface area contributed by atoms with Crippen molar-refractivity contribution >= 4 is 11.7 Å². The molecular formula is C11H23N3O2. The van der Waals surface area contributed by atoms with E-state index in [4.69, 9.17) is 5.41 Å². The summed E-state index contributed by atoms with van der Waals surface area (Å²) < 4.78 is 0. The van der Waals surface area contributed by atoms with E-state index in [1.165, 1.54) is 6.92 Å². The highest BCUT2D eigenvalue weighted by atomic mass is 16.3. The maximum atomic E-state index is 10.8. The van der Waals surface area contributed by atoms with Crippen LogP contribution in [0.3, 0.4) is 0 Å². The molecule has 1 amide bonds. The fraction of sp³-hybridized carbons (Fsp3) is 0.818. The van der Waals surface area contributed by atoms with E-state index in [9.17, 15) is 9.90 Å². The average molecular weight is 229 g/mol. The number of amides is 1. The van der Waals surface area contributed by atoms with Crippen molar-refractivity contribution in [2.24, 2.45) is 5.92 Å². The topological polar surface area (TPSA) is 76.4 Å². The number of hydrogen-bond acceptors (Lipinski definition) is 3. The van der Waals surface area contributed by atoms with Crippen LogP contribution in [0.4, 0.5) is 0 Å². The molecule has 0 radical (unpaired) electrons. The second kappa shape index (κ2) is 6.48. The molecule has 5 nitrogen and oxygen atoms in total. The molecule has 0 aromatic carbocycles. The molecule has 0 aliphatic carbocycles. The van der Waals surface area contributed by atoms with Gasteiger partial charge in [0, 0.05) is 26.9 Å². The highest BCUT2D eigenvalue weighted by molar-refractivity contribution is 5.80. The van der Waals surface area contributed by atoms with Gasteiger partial charge in [-0.15, -0.1) is 0 Å². The molecule has 0 saturated heterocycles. The molecular weight excluding hydrogens is 206 g/mol. The minimum atomic E-state index is -0.626. The average Bonchev–Trinajstić information content (AvgIpc) is 2.14. The number of hydrogen-bond donors (Lipinski definition) is 3. The summed E-state index contributed by atoms with van der Waals surface area (Å²) in [5.41, 5.74) is 0. The predicted molar refractivity (Wildman–Crippen MR) is 64.5 cm³/mol. The Bertz CT molecular complexity index is 254. The molecule has 3 N–H and O–H groups in total. The minimum absolute atomic E-state index is 0.0267. The highest BCUT2D eigenvalue weighted by Crippen LogP contribution is 2.11. The van der Waals surface area contributed by atoms with Crippen molar-refractivity contribution in [1.82, 2.24) is 10.2 Å². The Morgan fingerprint density at radius 3 is 2.31 bits per heavy atom. The zero-order chi connectivity index (χ0) is 12.9. The quantitative estimate of drug-likeness (QED) is 0.473. The molecule has 0 aliphatic heterocycles. The lowest BCUT2D eigenvalue weighted by molar-refractivity contribution is -0.120. The summed E-state index contributed by atoms with van der Waals surface area (Å²) in [5, 5.41) is 20.2. The van der Waals surface area contributed by atoms with Gasteiger partial charge in [0.1, 0.15) is 0 Å². The predicted octanol–water partition coefficient (Wildman–Crippen LogP) is 0.437. The van der Waals surface area contributed by atoms with Crippen LogP contribution in [0.15, 0.2) is 0 Å². The van der Waals surface area contributed by atoms with E-state index in [0.717, 1.165) is 0 Å². The van der Waals surface area contributed by atoms with Crippen LogP contribution in [0.1, 0.15) is 27.2 Å². The second-order valence-electron chi connectivity index (χ2n) is 4.47. The Morgan fingerprint density at radius 1 is 1.44 bits per heavy atom. The summed E-state index contributed by atoms with van der Waals surface area (Å²) in [4.78, 5) is 12.5. The molecule has 3 unspecified atom stereocenters. The smallest absolute Gasteiger partial charge is 0.217 e.